The first-order chi connectivity index (χ1) is 10.2. The van der Waals surface area contributed by atoms with Gasteiger partial charge in [0.2, 0.25) is 0 Å². The molecule has 120 valence electrons. The smallest absolute Gasteiger partial charge is 0.0964 e. The molecule has 0 aliphatic carbocycles. The summed E-state index contributed by atoms with van der Waals surface area (Å²) in [7, 11) is 1.94. The summed E-state index contributed by atoms with van der Waals surface area (Å²) in [5.41, 5.74) is 1.03. The Morgan fingerprint density at radius 2 is 2.14 bits per heavy atom. The zero-order valence-electron chi connectivity index (χ0n) is 13.9. The van der Waals surface area contributed by atoms with Crippen LogP contribution in [0.1, 0.15) is 45.2 Å². The lowest BCUT2D eigenvalue weighted by molar-refractivity contribution is 0.150. The minimum Gasteiger partial charge on any atom is -0.314 e. The van der Waals surface area contributed by atoms with Gasteiger partial charge in [-0.05, 0) is 51.2 Å². The molecular weight excluding hydrogens is 262 g/mol. The molecule has 0 radical (unpaired) electrons. The number of nitrogens with zero attached hydrogens (tertiary/aromatic N) is 4. The van der Waals surface area contributed by atoms with Gasteiger partial charge in [-0.2, -0.15) is 0 Å². The molecule has 1 aliphatic heterocycles. The highest BCUT2D eigenvalue weighted by Crippen LogP contribution is 2.20. The van der Waals surface area contributed by atoms with Crippen LogP contribution in [0.25, 0.3) is 0 Å². The molecule has 1 aromatic heterocycles. The SMILES string of the molecule is CCC[C@@H](C)CN1CCC(Cn2cc(CNC)nn2)CC1. The van der Waals surface area contributed by atoms with Gasteiger partial charge in [-0.1, -0.05) is 25.5 Å². The molecule has 5 heteroatoms. The number of hydrogen-bond donors (Lipinski definition) is 1. The Balaban J connectivity index is 1.70. The van der Waals surface area contributed by atoms with Gasteiger partial charge in [-0.15, -0.1) is 5.10 Å². The van der Waals surface area contributed by atoms with Crippen LogP contribution in [0.2, 0.25) is 0 Å². The highest BCUT2D eigenvalue weighted by atomic mass is 15.4. The zero-order chi connectivity index (χ0) is 15.1. The molecule has 0 aromatic carbocycles. The van der Waals surface area contributed by atoms with E-state index >= 15 is 0 Å². The molecular formula is C16H31N5. The Hall–Kier alpha value is -0.940. The van der Waals surface area contributed by atoms with Gasteiger partial charge in [0.25, 0.3) is 0 Å². The zero-order valence-corrected chi connectivity index (χ0v) is 13.9. The van der Waals surface area contributed by atoms with Crippen molar-refractivity contribution in [3.8, 4) is 0 Å². The molecule has 0 amide bonds. The molecule has 21 heavy (non-hydrogen) atoms. The molecule has 5 nitrogen and oxygen atoms in total. The molecule has 0 unspecified atom stereocenters. The van der Waals surface area contributed by atoms with E-state index in [1.807, 2.05) is 11.7 Å². The van der Waals surface area contributed by atoms with E-state index in [0.717, 1.165) is 30.6 Å². The number of hydrogen-bond acceptors (Lipinski definition) is 4. The fourth-order valence-electron chi connectivity index (χ4n) is 3.33. The van der Waals surface area contributed by atoms with Crippen LogP contribution in [-0.4, -0.2) is 46.6 Å². The lowest BCUT2D eigenvalue weighted by Gasteiger charge is -2.33. The molecule has 1 aromatic rings. The normalized spacial score (nSPS) is 19.0. The van der Waals surface area contributed by atoms with Crippen molar-refractivity contribution in [3.63, 3.8) is 0 Å². The topological polar surface area (TPSA) is 46.0 Å². The van der Waals surface area contributed by atoms with E-state index < -0.39 is 0 Å². The predicted molar refractivity (Wildman–Crippen MR) is 86.0 cm³/mol. The van der Waals surface area contributed by atoms with Crippen molar-refractivity contribution in [2.45, 2.75) is 52.6 Å². The second kappa shape index (κ2) is 8.49. The summed E-state index contributed by atoms with van der Waals surface area (Å²) < 4.78 is 2.02. The quantitative estimate of drug-likeness (QED) is 0.798. The number of likely N-dealkylation sites (tertiary alicyclic amines) is 1. The standard InChI is InChI=1S/C16H31N5/c1-4-5-14(2)11-20-8-6-15(7-9-20)12-21-13-16(10-17-3)18-19-21/h13-15,17H,4-12H2,1-3H3/t14-/m1/s1. The number of piperidine rings is 1. The van der Waals surface area contributed by atoms with Gasteiger partial charge >= 0.3 is 0 Å². The van der Waals surface area contributed by atoms with Crippen molar-refractivity contribution in [2.75, 3.05) is 26.7 Å². The molecule has 2 heterocycles. The van der Waals surface area contributed by atoms with Crippen LogP contribution in [0.15, 0.2) is 6.20 Å². The van der Waals surface area contributed by atoms with Crippen LogP contribution < -0.4 is 5.32 Å². The van der Waals surface area contributed by atoms with Crippen molar-refractivity contribution < 1.29 is 0 Å². The number of aromatic nitrogens is 3. The average Bonchev–Trinajstić information content (AvgIpc) is 2.89. The van der Waals surface area contributed by atoms with Crippen LogP contribution in [-0.2, 0) is 13.1 Å². The van der Waals surface area contributed by atoms with E-state index in [-0.39, 0.29) is 0 Å². The van der Waals surface area contributed by atoms with Gasteiger partial charge in [-0.3, -0.25) is 4.68 Å². The summed E-state index contributed by atoms with van der Waals surface area (Å²) in [5.74, 6) is 1.60. The third kappa shape index (κ3) is 5.40. The van der Waals surface area contributed by atoms with E-state index in [1.54, 1.807) is 0 Å². The third-order valence-electron chi connectivity index (χ3n) is 4.45. The van der Waals surface area contributed by atoms with Crippen LogP contribution >= 0.6 is 0 Å². The molecule has 1 N–H and O–H groups in total. The molecule has 0 spiro atoms. The van der Waals surface area contributed by atoms with Crippen LogP contribution in [0.4, 0.5) is 0 Å². The van der Waals surface area contributed by atoms with Crippen molar-refractivity contribution in [2.24, 2.45) is 11.8 Å². The maximum atomic E-state index is 4.23. The highest BCUT2D eigenvalue weighted by Gasteiger charge is 2.21. The largest absolute Gasteiger partial charge is 0.314 e. The fraction of sp³-hybridized carbons (Fsp3) is 0.875. The van der Waals surface area contributed by atoms with Gasteiger partial charge in [0.1, 0.15) is 0 Å². The third-order valence-corrected chi connectivity index (χ3v) is 4.45. The predicted octanol–water partition coefficient (Wildman–Crippen LogP) is 2.15. The Morgan fingerprint density at radius 3 is 2.81 bits per heavy atom. The molecule has 0 bridgehead atoms. The summed E-state index contributed by atoms with van der Waals surface area (Å²) in [6.07, 6.45) is 7.32. The first-order valence-electron chi connectivity index (χ1n) is 8.47. The van der Waals surface area contributed by atoms with Gasteiger partial charge < -0.3 is 10.2 Å². The second-order valence-corrected chi connectivity index (χ2v) is 6.60. The van der Waals surface area contributed by atoms with Crippen molar-refractivity contribution in [1.29, 1.82) is 0 Å². The number of nitrogens with one attached hydrogen (secondary N) is 1. The Kier molecular flexibility index (Phi) is 6.64. The lowest BCUT2D eigenvalue weighted by atomic mass is 9.95. The van der Waals surface area contributed by atoms with E-state index in [9.17, 15) is 0 Å². The summed E-state index contributed by atoms with van der Waals surface area (Å²) in [5, 5.41) is 11.5. The molecule has 2 rings (SSSR count). The van der Waals surface area contributed by atoms with Gasteiger partial charge in [0, 0.05) is 25.8 Å². The average molecular weight is 293 g/mol. The summed E-state index contributed by atoms with van der Waals surface area (Å²) >= 11 is 0. The maximum Gasteiger partial charge on any atom is 0.0964 e. The Labute approximate surface area is 129 Å². The first-order valence-corrected chi connectivity index (χ1v) is 8.47. The fourth-order valence-corrected chi connectivity index (χ4v) is 3.33. The monoisotopic (exact) mass is 293 g/mol. The van der Waals surface area contributed by atoms with Crippen LogP contribution in [0.5, 0.6) is 0 Å². The number of rotatable bonds is 8. The summed E-state index contributed by atoms with van der Waals surface area (Å²) in [6, 6.07) is 0. The van der Waals surface area contributed by atoms with Crippen LogP contribution in [0, 0.1) is 11.8 Å². The van der Waals surface area contributed by atoms with Crippen molar-refractivity contribution in [1.82, 2.24) is 25.2 Å². The molecule has 0 saturated carbocycles. The highest BCUT2D eigenvalue weighted by molar-refractivity contribution is 4.91. The van der Waals surface area contributed by atoms with Crippen LogP contribution in [0.3, 0.4) is 0 Å². The molecule has 1 fully saturated rings. The second-order valence-electron chi connectivity index (χ2n) is 6.60. The van der Waals surface area contributed by atoms with E-state index in [1.165, 1.54) is 45.3 Å². The minimum absolute atomic E-state index is 0.756. The molecule has 1 saturated heterocycles. The van der Waals surface area contributed by atoms with Crippen molar-refractivity contribution >= 4 is 0 Å². The van der Waals surface area contributed by atoms with E-state index in [4.69, 9.17) is 0 Å². The van der Waals surface area contributed by atoms with E-state index in [0.29, 0.717) is 0 Å². The Morgan fingerprint density at radius 1 is 1.38 bits per heavy atom. The van der Waals surface area contributed by atoms with E-state index in [2.05, 4.69) is 40.6 Å². The van der Waals surface area contributed by atoms with Gasteiger partial charge in [-0.25, -0.2) is 0 Å². The van der Waals surface area contributed by atoms with Gasteiger partial charge in [0.05, 0.1) is 5.69 Å². The van der Waals surface area contributed by atoms with Crippen molar-refractivity contribution in [3.05, 3.63) is 11.9 Å². The molecule has 1 atom stereocenters. The summed E-state index contributed by atoms with van der Waals surface area (Å²) in [6.45, 7) is 10.3. The molecule has 1 aliphatic rings. The Bertz CT molecular complexity index is 395. The lowest BCUT2D eigenvalue weighted by Crippen LogP contribution is -2.37. The maximum absolute atomic E-state index is 4.23. The first kappa shape index (κ1) is 16.4. The minimum atomic E-state index is 0.756. The van der Waals surface area contributed by atoms with Gasteiger partial charge in [0.15, 0.2) is 0 Å². The summed E-state index contributed by atoms with van der Waals surface area (Å²) in [4.78, 5) is 2.64.